The Kier molecular flexibility index (Phi) is 7.06. The summed E-state index contributed by atoms with van der Waals surface area (Å²) in [7, 11) is 0. The van der Waals surface area contributed by atoms with Gasteiger partial charge < -0.3 is 0 Å². The molecule has 2 aromatic rings. The lowest BCUT2D eigenvalue weighted by Gasteiger charge is -2.28. The fraction of sp³-hybridized carbons (Fsp3) is 0.435. The van der Waals surface area contributed by atoms with Crippen LogP contribution in [0.5, 0.6) is 0 Å². The van der Waals surface area contributed by atoms with Gasteiger partial charge in [-0.25, -0.2) is 8.78 Å². The Morgan fingerprint density at radius 3 is 2.19 bits per heavy atom. The smallest absolute Gasteiger partial charge is 0.263 e. The van der Waals surface area contributed by atoms with E-state index in [9.17, 15) is 13.6 Å². The maximum Gasteiger partial charge on any atom is 0.263 e. The van der Waals surface area contributed by atoms with Crippen molar-refractivity contribution in [1.29, 1.82) is 0 Å². The fourth-order valence-corrected chi connectivity index (χ4v) is 4.67. The minimum atomic E-state index is -2.51. The monoisotopic (exact) mass is 388 g/mol. The van der Waals surface area contributed by atoms with E-state index in [1.807, 2.05) is 12.1 Å². The third-order valence-corrected chi connectivity index (χ3v) is 6.43. The summed E-state index contributed by atoms with van der Waals surface area (Å²) in [6.45, 7) is 2.26. The molecule has 1 aliphatic carbocycles. The van der Waals surface area contributed by atoms with Gasteiger partial charge in [0.1, 0.15) is 0 Å². The molecular weight excluding hydrogens is 362 g/mol. The molecule has 0 heterocycles. The molecule has 27 heavy (non-hydrogen) atoms. The second-order valence-electron chi connectivity index (χ2n) is 7.39. The molecule has 0 atom stereocenters. The first-order chi connectivity index (χ1) is 13.1. The lowest BCUT2D eigenvalue weighted by molar-refractivity contribution is 0.108. The van der Waals surface area contributed by atoms with Gasteiger partial charge in [-0.2, -0.15) is 0 Å². The molecule has 0 spiro atoms. The van der Waals surface area contributed by atoms with E-state index >= 15 is 0 Å². The maximum absolute atomic E-state index is 12.6. The Balaban J connectivity index is 1.56. The van der Waals surface area contributed by atoms with Crippen molar-refractivity contribution in [3.05, 3.63) is 65.2 Å². The van der Waals surface area contributed by atoms with E-state index in [1.165, 1.54) is 68.4 Å². The Labute approximate surface area is 164 Å². The lowest BCUT2D eigenvalue weighted by atomic mass is 9.77. The molecule has 0 saturated heterocycles. The highest BCUT2D eigenvalue weighted by Crippen LogP contribution is 2.38. The molecule has 4 heteroatoms. The molecule has 1 nitrogen and oxygen atoms in total. The van der Waals surface area contributed by atoms with Gasteiger partial charge in [0.25, 0.3) is 6.43 Å². The highest BCUT2D eigenvalue weighted by molar-refractivity contribution is 8.14. The predicted octanol–water partition coefficient (Wildman–Crippen LogP) is 7.63. The van der Waals surface area contributed by atoms with Crippen LogP contribution < -0.4 is 0 Å². The molecule has 0 unspecified atom stereocenters. The number of carbonyl (C=O) groups is 1. The van der Waals surface area contributed by atoms with E-state index in [-0.39, 0.29) is 10.7 Å². The Hall–Kier alpha value is -1.68. The van der Waals surface area contributed by atoms with Gasteiger partial charge >= 0.3 is 0 Å². The number of hydrogen-bond donors (Lipinski definition) is 0. The van der Waals surface area contributed by atoms with E-state index in [2.05, 4.69) is 19.1 Å². The van der Waals surface area contributed by atoms with Gasteiger partial charge in [-0.15, -0.1) is 0 Å². The Morgan fingerprint density at radius 1 is 1.00 bits per heavy atom. The molecule has 0 aliphatic heterocycles. The van der Waals surface area contributed by atoms with Crippen molar-refractivity contribution in [3.8, 4) is 0 Å². The van der Waals surface area contributed by atoms with E-state index in [0.717, 1.165) is 22.6 Å². The van der Waals surface area contributed by atoms with Crippen molar-refractivity contribution in [2.45, 2.75) is 62.7 Å². The number of alkyl halides is 2. The van der Waals surface area contributed by atoms with Gasteiger partial charge in [0, 0.05) is 16.0 Å². The van der Waals surface area contributed by atoms with Gasteiger partial charge in [-0.3, -0.25) is 4.79 Å². The zero-order chi connectivity index (χ0) is 19.2. The number of carbonyl (C=O) groups excluding carboxylic acids is 1. The molecule has 1 fully saturated rings. The first-order valence-electron chi connectivity index (χ1n) is 9.77. The van der Waals surface area contributed by atoms with Gasteiger partial charge in [0.05, 0.1) is 0 Å². The summed E-state index contributed by atoms with van der Waals surface area (Å²) in [4.78, 5) is 13.2. The predicted molar refractivity (Wildman–Crippen MR) is 108 cm³/mol. The third-order valence-electron chi connectivity index (χ3n) is 5.50. The maximum atomic E-state index is 12.6. The average Bonchev–Trinajstić information content (AvgIpc) is 2.69. The van der Waals surface area contributed by atoms with Crippen LogP contribution in [0.4, 0.5) is 8.78 Å². The van der Waals surface area contributed by atoms with Crippen molar-refractivity contribution in [1.82, 2.24) is 0 Å². The van der Waals surface area contributed by atoms with Crippen LogP contribution >= 0.6 is 11.8 Å². The van der Waals surface area contributed by atoms with E-state index in [1.54, 1.807) is 0 Å². The number of thioether (sulfide) groups is 1. The summed E-state index contributed by atoms with van der Waals surface area (Å²) in [6.07, 6.45) is 5.28. The minimum Gasteiger partial charge on any atom is -0.281 e. The summed E-state index contributed by atoms with van der Waals surface area (Å²) in [5, 5.41) is -0.122. The van der Waals surface area contributed by atoms with E-state index in [4.69, 9.17) is 0 Å². The van der Waals surface area contributed by atoms with Crippen molar-refractivity contribution in [3.63, 3.8) is 0 Å². The van der Waals surface area contributed by atoms with E-state index in [0.29, 0.717) is 11.5 Å². The molecule has 0 amide bonds. The van der Waals surface area contributed by atoms with Gasteiger partial charge in [0.2, 0.25) is 5.12 Å². The Bertz CT molecular complexity index is 732. The van der Waals surface area contributed by atoms with Crippen LogP contribution in [0.15, 0.2) is 53.4 Å². The van der Waals surface area contributed by atoms with Crippen LogP contribution in [0.3, 0.4) is 0 Å². The first-order valence-corrected chi connectivity index (χ1v) is 10.6. The molecule has 0 radical (unpaired) electrons. The average molecular weight is 389 g/mol. The van der Waals surface area contributed by atoms with Crippen molar-refractivity contribution >= 4 is 16.9 Å². The number of halogens is 2. The molecule has 144 valence electrons. The quantitative estimate of drug-likeness (QED) is 0.473. The molecule has 3 rings (SSSR count). The van der Waals surface area contributed by atoms with Gasteiger partial charge in [-0.1, -0.05) is 56.2 Å². The normalized spacial score (nSPS) is 20.0. The first kappa shape index (κ1) is 20.1. The van der Waals surface area contributed by atoms with Crippen molar-refractivity contribution in [2.75, 3.05) is 0 Å². The van der Waals surface area contributed by atoms with Crippen LogP contribution in [0, 0.1) is 5.92 Å². The lowest BCUT2D eigenvalue weighted by Crippen LogP contribution is -2.13. The molecule has 0 bridgehead atoms. The SMILES string of the molecule is CCC[C@H]1CC[C@H](c2ccc(SC(=O)c3ccc(C(F)F)cc3)cc2)CC1. The fourth-order valence-electron chi connectivity index (χ4n) is 3.93. The third kappa shape index (κ3) is 5.41. The molecule has 1 aliphatic rings. The van der Waals surface area contributed by atoms with E-state index < -0.39 is 6.43 Å². The minimum absolute atomic E-state index is 0.0606. The number of benzene rings is 2. The van der Waals surface area contributed by atoms with Crippen LogP contribution in [0.2, 0.25) is 0 Å². The zero-order valence-electron chi connectivity index (χ0n) is 15.7. The van der Waals surface area contributed by atoms with Crippen LogP contribution in [0.25, 0.3) is 0 Å². The largest absolute Gasteiger partial charge is 0.281 e. The molecule has 1 saturated carbocycles. The zero-order valence-corrected chi connectivity index (χ0v) is 16.5. The van der Waals surface area contributed by atoms with Gasteiger partial charge in [0.15, 0.2) is 0 Å². The molecule has 0 N–H and O–H groups in total. The van der Waals surface area contributed by atoms with Crippen molar-refractivity contribution in [2.24, 2.45) is 5.92 Å². The summed E-state index contributed by atoms with van der Waals surface area (Å²) in [5.74, 6) is 1.53. The highest BCUT2D eigenvalue weighted by atomic mass is 32.2. The summed E-state index contributed by atoms with van der Waals surface area (Å²) in [6, 6.07) is 13.9. The second kappa shape index (κ2) is 9.50. The second-order valence-corrected chi connectivity index (χ2v) is 8.43. The van der Waals surface area contributed by atoms with Crippen LogP contribution in [0.1, 0.15) is 79.3 Å². The standard InChI is InChI=1S/C23H26F2OS/c1-2-3-16-4-6-17(7-5-16)18-12-14-21(15-13-18)27-23(26)20-10-8-19(9-11-20)22(24)25/h8-17,22H,2-7H2,1H3/t16-,17-. The molecule has 2 aromatic carbocycles. The molecule has 0 aromatic heterocycles. The van der Waals surface area contributed by atoms with Crippen molar-refractivity contribution < 1.29 is 13.6 Å². The van der Waals surface area contributed by atoms with Crippen LogP contribution in [-0.2, 0) is 0 Å². The summed E-state index contributed by atoms with van der Waals surface area (Å²) in [5.41, 5.74) is 1.75. The van der Waals surface area contributed by atoms with Crippen LogP contribution in [-0.4, -0.2) is 5.12 Å². The Morgan fingerprint density at radius 2 is 1.63 bits per heavy atom. The summed E-state index contributed by atoms with van der Waals surface area (Å²) < 4.78 is 25.2. The topological polar surface area (TPSA) is 17.1 Å². The van der Waals surface area contributed by atoms with Gasteiger partial charge in [-0.05, 0) is 67.0 Å². The summed E-state index contributed by atoms with van der Waals surface area (Å²) >= 11 is 1.15. The molecular formula is C23H26F2OS. The number of hydrogen-bond acceptors (Lipinski definition) is 2. The number of rotatable bonds is 6. The highest BCUT2D eigenvalue weighted by Gasteiger charge is 2.21.